The summed E-state index contributed by atoms with van der Waals surface area (Å²) in [7, 11) is 1.58. The van der Waals surface area contributed by atoms with Crippen molar-refractivity contribution < 1.29 is 28.5 Å². The van der Waals surface area contributed by atoms with Crippen LogP contribution in [0.1, 0.15) is 6.92 Å². The molecule has 0 saturated heterocycles. The number of rotatable bonds is 9. The highest BCUT2D eigenvalue weighted by molar-refractivity contribution is 6.33. The number of amides is 2. The SMILES string of the molecule is COCCOc1cc2nccc(Oc3ccc(NC(=O)Oc4ccccc4)c(Cl)c3)c2cc1NC(C)=O. The van der Waals surface area contributed by atoms with Crippen molar-refractivity contribution in [2.24, 2.45) is 0 Å². The average molecular weight is 522 g/mol. The number of anilines is 2. The highest BCUT2D eigenvalue weighted by Crippen LogP contribution is 2.37. The fourth-order valence-electron chi connectivity index (χ4n) is 3.40. The van der Waals surface area contributed by atoms with Crippen LogP contribution in [0.5, 0.6) is 23.0 Å². The van der Waals surface area contributed by atoms with E-state index >= 15 is 0 Å². The van der Waals surface area contributed by atoms with Crippen LogP contribution in [-0.2, 0) is 9.53 Å². The molecule has 0 fully saturated rings. The Hall–Kier alpha value is -4.34. The van der Waals surface area contributed by atoms with Crippen LogP contribution >= 0.6 is 11.6 Å². The van der Waals surface area contributed by atoms with E-state index in [0.717, 1.165) is 0 Å². The largest absolute Gasteiger partial charge is 0.489 e. The first-order chi connectivity index (χ1) is 17.9. The lowest BCUT2D eigenvalue weighted by Gasteiger charge is -2.15. The van der Waals surface area contributed by atoms with Crippen molar-refractivity contribution in [3.05, 3.63) is 77.9 Å². The molecule has 190 valence electrons. The fourth-order valence-corrected chi connectivity index (χ4v) is 3.62. The summed E-state index contributed by atoms with van der Waals surface area (Å²) in [4.78, 5) is 28.4. The second-order valence-corrected chi connectivity index (χ2v) is 8.18. The predicted octanol–water partition coefficient (Wildman–Crippen LogP) is 6.28. The van der Waals surface area contributed by atoms with Crippen molar-refractivity contribution in [1.29, 1.82) is 0 Å². The number of hydrogen-bond donors (Lipinski definition) is 2. The van der Waals surface area contributed by atoms with Crippen LogP contribution in [0.15, 0.2) is 72.9 Å². The van der Waals surface area contributed by atoms with Gasteiger partial charge in [-0.2, -0.15) is 0 Å². The normalized spacial score (nSPS) is 10.6. The number of nitrogens with one attached hydrogen (secondary N) is 2. The van der Waals surface area contributed by atoms with Gasteiger partial charge in [0.25, 0.3) is 0 Å². The van der Waals surface area contributed by atoms with E-state index in [9.17, 15) is 9.59 Å². The number of methoxy groups -OCH3 is 1. The molecule has 10 heteroatoms. The Labute approximate surface area is 218 Å². The summed E-state index contributed by atoms with van der Waals surface area (Å²) in [6.07, 6.45) is 0.933. The summed E-state index contributed by atoms with van der Waals surface area (Å²) < 4.78 is 22.1. The molecule has 0 atom stereocenters. The molecule has 4 aromatic rings. The Morgan fingerprint density at radius 2 is 1.70 bits per heavy atom. The van der Waals surface area contributed by atoms with Gasteiger partial charge in [0.15, 0.2) is 0 Å². The number of aromatic nitrogens is 1. The maximum Gasteiger partial charge on any atom is 0.417 e. The monoisotopic (exact) mass is 521 g/mol. The van der Waals surface area contributed by atoms with E-state index in [1.807, 2.05) is 6.07 Å². The minimum Gasteiger partial charge on any atom is -0.489 e. The van der Waals surface area contributed by atoms with Crippen LogP contribution in [-0.4, -0.2) is 37.3 Å². The van der Waals surface area contributed by atoms with Crippen molar-refractivity contribution in [3.8, 4) is 23.0 Å². The Morgan fingerprint density at radius 1 is 0.892 bits per heavy atom. The molecule has 0 radical (unpaired) electrons. The first-order valence-corrected chi connectivity index (χ1v) is 11.6. The van der Waals surface area contributed by atoms with Gasteiger partial charge in [0, 0.05) is 37.7 Å². The zero-order valence-corrected chi connectivity index (χ0v) is 20.9. The fraction of sp³-hybridized carbons (Fsp3) is 0.148. The number of carbonyl (C=O) groups excluding carboxylic acids is 2. The molecule has 4 rings (SSSR count). The van der Waals surface area contributed by atoms with Gasteiger partial charge < -0.3 is 24.3 Å². The third-order valence-corrected chi connectivity index (χ3v) is 5.33. The second kappa shape index (κ2) is 12.1. The van der Waals surface area contributed by atoms with Crippen molar-refractivity contribution >= 4 is 45.9 Å². The Bertz CT molecular complexity index is 1410. The second-order valence-electron chi connectivity index (χ2n) is 7.77. The van der Waals surface area contributed by atoms with Crippen molar-refractivity contribution in [2.75, 3.05) is 31.0 Å². The quantitative estimate of drug-likeness (QED) is 0.250. The molecule has 0 aliphatic carbocycles. The number of halogens is 1. The van der Waals surface area contributed by atoms with Gasteiger partial charge >= 0.3 is 6.09 Å². The van der Waals surface area contributed by atoms with Gasteiger partial charge in [0.05, 0.1) is 28.5 Å². The number of nitrogens with zero attached hydrogens (tertiary/aromatic N) is 1. The van der Waals surface area contributed by atoms with Crippen LogP contribution in [0.3, 0.4) is 0 Å². The standard InChI is InChI=1S/C27H24ClN3O6/c1-17(32)30-24-15-20-23(16-26(24)35-13-12-34-2)29-11-10-25(20)36-19-8-9-22(21(28)14-19)31-27(33)37-18-6-4-3-5-7-18/h3-11,14-16H,12-13H2,1-2H3,(H,30,32)(H,31,33). The highest BCUT2D eigenvalue weighted by Gasteiger charge is 2.14. The molecule has 1 heterocycles. The van der Waals surface area contributed by atoms with E-state index in [1.54, 1.807) is 74.0 Å². The predicted molar refractivity (Wildman–Crippen MR) is 141 cm³/mol. The van der Waals surface area contributed by atoms with Crippen LogP contribution in [0.4, 0.5) is 16.2 Å². The number of ether oxygens (including phenoxy) is 4. The lowest BCUT2D eigenvalue weighted by atomic mass is 10.1. The maximum absolute atomic E-state index is 12.2. The Balaban J connectivity index is 1.54. The van der Waals surface area contributed by atoms with Crippen molar-refractivity contribution in [3.63, 3.8) is 0 Å². The number of pyridine rings is 1. The third kappa shape index (κ3) is 6.87. The molecule has 0 saturated carbocycles. The van der Waals surface area contributed by atoms with E-state index in [1.165, 1.54) is 6.92 Å². The van der Waals surface area contributed by atoms with Crippen LogP contribution in [0.25, 0.3) is 10.9 Å². The lowest BCUT2D eigenvalue weighted by Crippen LogP contribution is -2.16. The van der Waals surface area contributed by atoms with E-state index in [0.29, 0.717) is 58.5 Å². The zero-order valence-electron chi connectivity index (χ0n) is 20.1. The van der Waals surface area contributed by atoms with E-state index < -0.39 is 6.09 Å². The van der Waals surface area contributed by atoms with E-state index in [2.05, 4.69) is 15.6 Å². The molecular weight excluding hydrogens is 498 g/mol. The first-order valence-electron chi connectivity index (χ1n) is 11.3. The molecule has 1 aromatic heterocycles. The third-order valence-electron chi connectivity index (χ3n) is 5.02. The minimum absolute atomic E-state index is 0.247. The molecule has 0 aliphatic rings. The average Bonchev–Trinajstić information content (AvgIpc) is 2.87. The number of para-hydroxylation sites is 1. The molecule has 37 heavy (non-hydrogen) atoms. The maximum atomic E-state index is 12.2. The van der Waals surface area contributed by atoms with Crippen LogP contribution < -0.4 is 24.8 Å². The van der Waals surface area contributed by atoms with Gasteiger partial charge in [-0.15, -0.1) is 0 Å². The minimum atomic E-state index is -0.670. The molecular formula is C27H24ClN3O6. The smallest absolute Gasteiger partial charge is 0.417 e. The highest BCUT2D eigenvalue weighted by atomic mass is 35.5. The molecule has 3 aromatic carbocycles. The van der Waals surface area contributed by atoms with Crippen LogP contribution in [0.2, 0.25) is 5.02 Å². The molecule has 2 N–H and O–H groups in total. The molecule has 2 amide bonds. The first kappa shape index (κ1) is 25.7. The van der Waals surface area contributed by atoms with Gasteiger partial charge in [0.1, 0.15) is 29.6 Å². The zero-order chi connectivity index (χ0) is 26.2. The van der Waals surface area contributed by atoms with Gasteiger partial charge in [-0.3, -0.25) is 15.1 Å². The summed E-state index contributed by atoms with van der Waals surface area (Å²) >= 11 is 6.39. The van der Waals surface area contributed by atoms with Gasteiger partial charge in [-0.05, 0) is 36.4 Å². The molecule has 0 bridgehead atoms. The summed E-state index contributed by atoms with van der Waals surface area (Å²) in [6.45, 7) is 2.11. The number of hydrogen-bond acceptors (Lipinski definition) is 7. The van der Waals surface area contributed by atoms with Crippen LogP contribution in [0, 0.1) is 0 Å². The number of carbonyl (C=O) groups is 2. The molecule has 0 spiro atoms. The van der Waals surface area contributed by atoms with Gasteiger partial charge in [-0.1, -0.05) is 29.8 Å². The van der Waals surface area contributed by atoms with E-state index in [4.69, 9.17) is 30.5 Å². The molecule has 0 unspecified atom stereocenters. The van der Waals surface area contributed by atoms with E-state index in [-0.39, 0.29) is 10.9 Å². The molecule has 9 nitrogen and oxygen atoms in total. The number of fused-ring (bicyclic) bond motifs is 1. The summed E-state index contributed by atoms with van der Waals surface area (Å²) in [5.41, 5.74) is 1.44. The summed E-state index contributed by atoms with van der Waals surface area (Å²) in [5.74, 6) is 1.54. The van der Waals surface area contributed by atoms with Gasteiger partial charge in [0.2, 0.25) is 5.91 Å². The lowest BCUT2D eigenvalue weighted by molar-refractivity contribution is -0.114. The van der Waals surface area contributed by atoms with Crippen molar-refractivity contribution in [1.82, 2.24) is 4.98 Å². The van der Waals surface area contributed by atoms with Crippen molar-refractivity contribution in [2.45, 2.75) is 6.92 Å². The summed E-state index contributed by atoms with van der Waals surface area (Å²) in [5, 5.41) is 6.29. The Morgan fingerprint density at radius 3 is 2.43 bits per heavy atom. The number of benzene rings is 3. The topological polar surface area (TPSA) is 108 Å². The van der Waals surface area contributed by atoms with Gasteiger partial charge in [-0.25, -0.2) is 4.79 Å². The Kier molecular flexibility index (Phi) is 8.40. The summed E-state index contributed by atoms with van der Waals surface area (Å²) in [6, 6.07) is 18.7. The molecule has 0 aliphatic heterocycles.